The van der Waals surface area contributed by atoms with Crippen LogP contribution in [0.1, 0.15) is 29.9 Å². The van der Waals surface area contributed by atoms with Gasteiger partial charge >= 0.3 is 0 Å². The SMILES string of the molecule is N#Cc1cncc(-c2nn3ccccc3c2C2CC2)c1. The molecule has 0 amide bonds. The first-order valence-electron chi connectivity index (χ1n) is 6.69. The molecule has 0 radical (unpaired) electrons. The van der Waals surface area contributed by atoms with Gasteiger partial charge in [0.2, 0.25) is 0 Å². The number of aromatic nitrogens is 3. The maximum absolute atomic E-state index is 9.02. The number of hydrogen-bond donors (Lipinski definition) is 0. The number of nitrogens with zero attached hydrogens (tertiary/aromatic N) is 4. The van der Waals surface area contributed by atoms with Crippen molar-refractivity contribution in [2.24, 2.45) is 0 Å². The molecule has 0 bridgehead atoms. The average Bonchev–Trinajstić information content (AvgIpc) is 3.27. The zero-order valence-corrected chi connectivity index (χ0v) is 10.8. The highest BCUT2D eigenvalue weighted by Gasteiger charge is 2.30. The minimum Gasteiger partial charge on any atom is -0.263 e. The number of pyridine rings is 2. The minimum absolute atomic E-state index is 0.571. The second-order valence-corrected chi connectivity index (χ2v) is 5.14. The highest BCUT2D eigenvalue weighted by atomic mass is 15.2. The smallest absolute Gasteiger partial charge is 0.101 e. The average molecular weight is 260 g/mol. The zero-order valence-electron chi connectivity index (χ0n) is 10.8. The first kappa shape index (κ1) is 11.2. The molecule has 4 rings (SSSR count). The van der Waals surface area contributed by atoms with E-state index in [4.69, 9.17) is 5.26 Å². The highest BCUT2D eigenvalue weighted by Crippen LogP contribution is 2.46. The summed E-state index contributed by atoms with van der Waals surface area (Å²) in [6.45, 7) is 0. The second-order valence-electron chi connectivity index (χ2n) is 5.14. The molecule has 1 aliphatic carbocycles. The summed E-state index contributed by atoms with van der Waals surface area (Å²) in [5.41, 5.74) is 4.91. The Labute approximate surface area is 116 Å². The van der Waals surface area contributed by atoms with Crippen LogP contribution in [0.25, 0.3) is 16.8 Å². The lowest BCUT2D eigenvalue weighted by molar-refractivity contribution is 0.965. The molecule has 96 valence electrons. The third-order valence-electron chi connectivity index (χ3n) is 3.70. The summed E-state index contributed by atoms with van der Waals surface area (Å²) >= 11 is 0. The van der Waals surface area contributed by atoms with Crippen LogP contribution in [-0.4, -0.2) is 14.6 Å². The van der Waals surface area contributed by atoms with Crippen LogP contribution in [-0.2, 0) is 0 Å². The van der Waals surface area contributed by atoms with Crippen LogP contribution >= 0.6 is 0 Å². The van der Waals surface area contributed by atoms with Gasteiger partial charge in [-0.25, -0.2) is 4.52 Å². The number of nitriles is 1. The molecule has 0 unspecified atom stereocenters. The van der Waals surface area contributed by atoms with Crippen LogP contribution < -0.4 is 0 Å². The minimum atomic E-state index is 0.571. The fraction of sp³-hybridized carbons (Fsp3) is 0.188. The van der Waals surface area contributed by atoms with Gasteiger partial charge in [-0.15, -0.1) is 0 Å². The van der Waals surface area contributed by atoms with E-state index >= 15 is 0 Å². The Morgan fingerprint density at radius 2 is 2.15 bits per heavy atom. The van der Waals surface area contributed by atoms with Crippen LogP contribution in [0, 0.1) is 11.3 Å². The first-order chi connectivity index (χ1) is 9.86. The number of hydrogen-bond acceptors (Lipinski definition) is 3. The number of rotatable bonds is 2. The van der Waals surface area contributed by atoms with Gasteiger partial charge in [-0.05, 0) is 37.0 Å². The van der Waals surface area contributed by atoms with Crippen LogP contribution in [0.15, 0.2) is 42.9 Å². The molecule has 1 aliphatic rings. The normalized spacial score (nSPS) is 14.3. The van der Waals surface area contributed by atoms with Gasteiger partial charge in [-0.2, -0.15) is 10.4 Å². The summed E-state index contributed by atoms with van der Waals surface area (Å²) in [6.07, 6.45) is 7.76. The maximum atomic E-state index is 9.02. The topological polar surface area (TPSA) is 54.0 Å². The van der Waals surface area contributed by atoms with Gasteiger partial charge in [-0.3, -0.25) is 4.98 Å². The molecular formula is C16H12N4. The van der Waals surface area contributed by atoms with E-state index in [1.165, 1.54) is 18.4 Å². The molecule has 0 aromatic carbocycles. The molecule has 1 fully saturated rings. The Hall–Kier alpha value is -2.67. The van der Waals surface area contributed by atoms with E-state index in [0.29, 0.717) is 11.5 Å². The Morgan fingerprint density at radius 1 is 1.25 bits per heavy atom. The van der Waals surface area contributed by atoms with Crippen molar-refractivity contribution in [2.75, 3.05) is 0 Å². The van der Waals surface area contributed by atoms with Gasteiger partial charge < -0.3 is 0 Å². The van der Waals surface area contributed by atoms with E-state index in [1.807, 2.05) is 28.9 Å². The van der Waals surface area contributed by atoms with E-state index in [2.05, 4.69) is 22.2 Å². The van der Waals surface area contributed by atoms with Crippen LogP contribution in [0.4, 0.5) is 0 Å². The second kappa shape index (κ2) is 4.17. The first-order valence-corrected chi connectivity index (χ1v) is 6.69. The van der Waals surface area contributed by atoms with E-state index in [0.717, 1.165) is 16.8 Å². The van der Waals surface area contributed by atoms with Crippen molar-refractivity contribution in [3.8, 4) is 17.3 Å². The van der Waals surface area contributed by atoms with E-state index in [9.17, 15) is 0 Å². The van der Waals surface area contributed by atoms with E-state index < -0.39 is 0 Å². The standard InChI is InChI=1S/C16H12N4/c17-8-11-7-13(10-18-9-11)16-15(12-4-5-12)14-3-1-2-6-20(14)19-16/h1-3,6-7,9-10,12H,4-5H2. The quantitative estimate of drug-likeness (QED) is 0.711. The summed E-state index contributed by atoms with van der Waals surface area (Å²) in [4.78, 5) is 4.15. The van der Waals surface area contributed by atoms with E-state index in [1.54, 1.807) is 12.4 Å². The Bertz CT molecular complexity index is 837. The molecule has 0 N–H and O–H groups in total. The van der Waals surface area contributed by atoms with Crippen LogP contribution in [0.3, 0.4) is 0 Å². The largest absolute Gasteiger partial charge is 0.263 e. The summed E-state index contributed by atoms with van der Waals surface area (Å²) in [5, 5.41) is 13.7. The molecule has 1 saturated carbocycles. The molecule has 3 aromatic heterocycles. The summed E-state index contributed by atoms with van der Waals surface area (Å²) in [5.74, 6) is 0.593. The van der Waals surface area contributed by atoms with E-state index in [-0.39, 0.29) is 0 Å². The van der Waals surface area contributed by atoms with Crippen LogP contribution in [0.2, 0.25) is 0 Å². The van der Waals surface area contributed by atoms with Crippen molar-refractivity contribution in [3.63, 3.8) is 0 Å². The van der Waals surface area contributed by atoms with Gasteiger partial charge in [0.25, 0.3) is 0 Å². The lowest BCUT2D eigenvalue weighted by atomic mass is 10.0. The highest BCUT2D eigenvalue weighted by molar-refractivity contribution is 5.74. The molecule has 0 atom stereocenters. The van der Waals surface area contributed by atoms with Crippen molar-refractivity contribution in [2.45, 2.75) is 18.8 Å². The molecule has 3 aromatic rings. The zero-order chi connectivity index (χ0) is 13.5. The van der Waals surface area contributed by atoms with Crippen molar-refractivity contribution < 1.29 is 0 Å². The summed E-state index contributed by atoms with van der Waals surface area (Å²) in [7, 11) is 0. The molecule has 4 heteroatoms. The predicted molar refractivity (Wildman–Crippen MR) is 75.1 cm³/mol. The maximum Gasteiger partial charge on any atom is 0.101 e. The molecular weight excluding hydrogens is 248 g/mol. The Balaban J connectivity index is 1.99. The van der Waals surface area contributed by atoms with Crippen molar-refractivity contribution >= 4 is 5.52 Å². The third kappa shape index (κ3) is 1.68. The molecule has 0 aliphatic heterocycles. The fourth-order valence-electron chi connectivity index (χ4n) is 2.64. The molecule has 20 heavy (non-hydrogen) atoms. The number of fused-ring (bicyclic) bond motifs is 1. The summed E-state index contributed by atoms with van der Waals surface area (Å²) < 4.78 is 1.92. The Kier molecular flexibility index (Phi) is 2.33. The van der Waals surface area contributed by atoms with Gasteiger partial charge in [0.05, 0.1) is 16.8 Å². The van der Waals surface area contributed by atoms with Gasteiger partial charge in [0.15, 0.2) is 0 Å². The van der Waals surface area contributed by atoms with Crippen molar-refractivity contribution in [1.29, 1.82) is 5.26 Å². The molecule has 0 spiro atoms. The molecule has 3 heterocycles. The van der Waals surface area contributed by atoms with Crippen molar-refractivity contribution in [1.82, 2.24) is 14.6 Å². The molecule has 0 saturated heterocycles. The van der Waals surface area contributed by atoms with Gasteiger partial charge in [0, 0.05) is 29.7 Å². The Morgan fingerprint density at radius 3 is 2.95 bits per heavy atom. The van der Waals surface area contributed by atoms with Gasteiger partial charge in [0.1, 0.15) is 6.07 Å². The van der Waals surface area contributed by atoms with Crippen molar-refractivity contribution in [3.05, 3.63) is 54.0 Å². The fourth-order valence-corrected chi connectivity index (χ4v) is 2.64. The lowest BCUT2D eigenvalue weighted by Crippen LogP contribution is -1.88. The monoisotopic (exact) mass is 260 g/mol. The molecule has 4 nitrogen and oxygen atoms in total. The van der Waals surface area contributed by atoms with Crippen LogP contribution in [0.5, 0.6) is 0 Å². The van der Waals surface area contributed by atoms with Gasteiger partial charge in [-0.1, -0.05) is 6.07 Å². The lowest BCUT2D eigenvalue weighted by Gasteiger charge is -2.01. The summed E-state index contributed by atoms with van der Waals surface area (Å²) in [6, 6.07) is 10.1. The third-order valence-corrected chi connectivity index (χ3v) is 3.70. The predicted octanol–water partition coefficient (Wildman–Crippen LogP) is 3.15.